The van der Waals surface area contributed by atoms with Crippen molar-refractivity contribution in [2.24, 2.45) is 50.7 Å². The van der Waals surface area contributed by atoms with Crippen LogP contribution in [-0.2, 0) is 9.53 Å². The Morgan fingerprint density at radius 2 is 1.64 bits per heavy atom. The van der Waals surface area contributed by atoms with Crippen molar-refractivity contribution < 1.29 is 32.9 Å². The van der Waals surface area contributed by atoms with Crippen LogP contribution in [0.3, 0.4) is 0 Å². The van der Waals surface area contributed by atoms with E-state index in [9.17, 15) is 28.2 Å². The minimum absolute atomic E-state index is 0.0967. The molecule has 1 saturated heterocycles. The van der Waals surface area contributed by atoms with Gasteiger partial charge < -0.3 is 19.8 Å². The fraction of sp³-hybridized carbons (Fsp3) is 0.968. The molecule has 222 valence electrons. The standard InChI is InChI=1S/C31H48F3NO4/c1-17-13-19(14-35(18(2)36)16-31(32,33)34)39-24-23(17)27(5)11-12-30-15-29(30)10-9-22(37)26(3,4)20(29)7-8-21(30)28(27,6)25(24)38/h17,19-25,37-38H,7-16H2,1-6H3/t17-,19?,20+,21?,22+,23+,24?,25+,27-,28-,29?,30?/m1/s1. The molecule has 1 heterocycles. The van der Waals surface area contributed by atoms with E-state index in [0.29, 0.717) is 18.3 Å². The average Bonchev–Trinajstić information content (AvgIpc) is 3.45. The number of hydrogen-bond acceptors (Lipinski definition) is 4. The topological polar surface area (TPSA) is 70.0 Å². The van der Waals surface area contributed by atoms with Gasteiger partial charge in [-0.15, -0.1) is 0 Å². The van der Waals surface area contributed by atoms with E-state index in [1.165, 1.54) is 13.3 Å². The third kappa shape index (κ3) is 3.52. The SMILES string of the molecule is CC(=O)N(CC1C[C@@H](C)[C@H]2C(O1)[C@H](O)[C@@]1(C)C3CC[C@H]4C(C)(C)[C@@H](O)CCC45CC35CC[C@]21C)CC(F)(F)F. The molecule has 1 amide bonds. The number of carbonyl (C=O) groups excluding carboxylic acids is 1. The lowest BCUT2D eigenvalue weighted by Crippen LogP contribution is -2.59. The molecule has 0 aromatic carbocycles. The molecule has 1 aliphatic heterocycles. The maximum Gasteiger partial charge on any atom is 0.406 e. The molecule has 39 heavy (non-hydrogen) atoms. The number of carbonyl (C=O) groups is 1. The first-order chi connectivity index (χ1) is 17.9. The van der Waals surface area contributed by atoms with Gasteiger partial charge in [-0.25, -0.2) is 0 Å². The highest BCUT2D eigenvalue weighted by Gasteiger charge is 2.84. The van der Waals surface area contributed by atoms with Crippen LogP contribution in [0.1, 0.15) is 92.9 Å². The predicted octanol–water partition coefficient (Wildman–Crippen LogP) is 5.57. The number of nitrogens with zero attached hydrogens (tertiary/aromatic N) is 1. The van der Waals surface area contributed by atoms with E-state index >= 15 is 0 Å². The van der Waals surface area contributed by atoms with E-state index in [4.69, 9.17) is 4.74 Å². The lowest BCUT2D eigenvalue weighted by atomic mass is 9.41. The third-order valence-corrected chi connectivity index (χ3v) is 14.1. The zero-order valence-electron chi connectivity index (χ0n) is 24.5. The summed E-state index contributed by atoms with van der Waals surface area (Å²) in [7, 11) is 0. The number of rotatable bonds is 3. The Balaban J connectivity index is 1.29. The highest BCUT2D eigenvalue weighted by atomic mass is 19.4. The van der Waals surface area contributed by atoms with Crippen LogP contribution in [0.25, 0.3) is 0 Å². The molecule has 5 aliphatic carbocycles. The van der Waals surface area contributed by atoms with Crippen molar-refractivity contribution >= 4 is 5.91 Å². The van der Waals surface area contributed by atoms with E-state index in [-0.39, 0.29) is 51.6 Å². The number of ether oxygens (including phenoxy) is 1. The summed E-state index contributed by atoms with van der Waals surface area (Å²) in [5, 5.41) is 23.1. The fourth-order valence-corrected chi connectivity index (χ4v) is 12.3. The molecule has 6 aliphatic rings. The minimum Gasteiger partial charge on any atom is -0.393 e. The number of alkyl halides is 3. The number of halogens is 3. The molecular weight excluding hydrogens is 507 g/mol. The zero-order chi connectivity index (χ0) is 28.6. The van der Waals surface area contributed by atoms with E-state index in [2.05, 4.69) is 34.6 Å². The molecule has 0 aromatic rings. The van der Waals surface area contributed by atoms with Crippen LogP contribution in [0, 0.1) is 50.7 Å². The Morgan fingerprint density at radius 3 is 2.28 bits per heavy atom. The van der Waals surface area contributed by atoms with Crippen LogP contribution in [-0.4, -0.2) is 64.7 Å². The Kier molecular flexibility index (Phi) is 6.07. The van der Waals surface area contributed by atoms with E-state index in [1.807, 2.05) is 0 Å². The lowest BCUT2D eigenvalue weighted by Gasteiger charge is -2.63. The minimum atomic E-state index is -4.46. The van der Waals surface area contributed by atoms with Crippen molar-refractivity contribution in [1.82, 2.24) is 4.90 Å². The van der Waals surface area contributed by atoms with Gasteiger partial charge in [-0.1, -0.05) is 34.6 Å². The van der Waals surface area contributed by atoms with Crippen LogP contribution in [0.4, 0.5) is 13.2 Å². The van der Waals surface area contributed by atoms with Crippen LogP contribution in [0.15, 0.2) is 0 Å². The molecule has 0 radical (unpaired) electrons. The Morgan fingerprint density at radius 1 is 1.00 bits per heavy atom. The van der Waals surface area contributed by atoms with Gasteiger partial charge in [-0.2, -0.15) is 13.2 Å². The first kappa shape index (κ1) is 28.3. The second-order valence-electron chi connectivity index (χ2n) is 15.7. The summed E-state index contributed by atoms with van der Waals surface area (Å²) < 4.78 is 46.1. The van der Waals surface area contributed by atoms with Crippen molar-refractivity contribution in [3.05, 3.63) is 0 Å². The van der Waals surface area contributed by atoms with Crippen molar-refractivity contribution in [3.63, 3.8) is 0 Å². The quantitative estimate of drug-likeness (QED) is 0.478. The molecular formula is C31H48F3NO4. The summed E-state index contributed by atoms with van der Waals surface area (Å²) in [5.74, 6) is 0.585. The van der Waals surface area contributed by atoms with Crippen molar-refractivity contribution in [1.29, 1.82) is 0 Å². The molecule has 6 fully saturated rings. The summed E-state index contributed by atoms with van der Waals surface area (Å²) in [4.78, 5) is 12.9. The highest BCUT2D eigenvalue weighted by molar-refractivity contribution is 5.73. The van der Waals surface area contributed by atoms with Gasteiger partial charge in [-0.3, -0.25) is 4.79 Å². The van der Waals surface area contributed by atoms with E-state index in [0.717, 1.165) is 43.4 Å². The molecule has 5 nitrogen and oxygen atoms in total. The van der Waals surface area contributed by atoms with Gasteiger partial charge >= 0.3 is 6.18 Å². The van der Waals surface area contributed by atoms with Gasteiger partial charge in [0.25, 0.3) is 0 Å². The third-order valence-electron chi connectivity index (χ3n) is 14.1. The first-order valence-corrected chi connectivity index (χ1v) is 15.3. The summed E-state index contributed by atoms with van der Waals surface area (Å²) in [6.07, 6.45) is 1.66. The van der Waals surface area contributed by atoms with Gasteiger partial charge in [0.05, 0.1) is 24.4 Å². The largest absolute Gasteiger partial charge is 0.406 e. The Labute approximate surface area is 231 Å². The number of aliphatic hydroxyl groups excluding tert-OH is 2. The van der Waals surface area contributed by atoms with Crippen LogP contribution in [0.2, 0.25) is 0 Å². The molecule has 6 rings (SSSR count). The maximum atomic E-state index is 13.2. The monoisotopic (exact) mass is 555 g/mol. The number of amides is 1. The number of aliphatic hydroxyl groups is 2. The first-order valence-electron chi connectivity index (χ1n) is 15.3. The van der Waals surface area contributed by atoms with Gasteiger partial charge in [-0.05, 0) is 96.7 Å². The van der Waals surface area contributed by atoms with E-state index < -0.39 is 36.9 Å². The van der Waals surface area contributed by atoms with E-state index in [1.54, 1.807) is 0 Å². The molecule has 12 atom stereocenters. The summed E-state index contributed by atoms with van der Waals surface area (Å²) in [6, 6.07) is 0. The second-order valence-corrected chi connectivity index (χ2v) is 15.7. The smallest absolute Gasteiger partial charge is 0.393 e. The van der Waals surface area contributed by atoms with Crippen LogP contribution in [0.5, 0.6) is 0 Å². The van der Waals surface area contributed by atoms with Crippen LogP contribution < -0.4 is 0 Å². The summed E-state index contributed by atoms with van der Waals surface area (Å²) >= 11 is 0. The molecule has 2 N–H and O–H groups in total. The Hall–Kier alpha value is -0.860. The molecule has 0 bridgehead atoms. The fourth-order valence-electron chi connectivity index (χ4n) is 12.3. The van der Waals surface area contributed by atoms with Gasteiger partial charge in [0, 0.05) is 18.9 Å². The van der Waals surface area contributed by atoms with Crippen molar-refractivity contribution in [3.8, 4) is 0 Å². The highest BCUT2D eigenvalue weighted by Crippen LogP contribution is 2.89. The van der Waals surface area contributed by atoms with Crippen molar-refractivity contribution in [2.75, 3.05) is 13.1 Å². The average molecular weight is 556 g/mol. The van der Waals surface area contributed by atoms with Crippen molar-refractivity contribution in [2.45, 2.75) is 124 Å². The predicted molar refractivity (Wildman–Crippen MR) is 140 cm³/mol. The number of fused-ring (bicyclic) bond motifs is 4. The molecule has 5 saturated carbocycles. The lowest BCUT2D eigenvalue weighted by molar-refractivity contribution is -0.183. The zero-order valence-corrected chi connectivity index (χ0v) is 24.5. The van der Waals surface area contributed by atoms with Crippen LogP contribution >= 0.6 is 0 Å². The summed E-state index contributed by atoms with van der Waals surface area (Å²) in [6.45, 7) is 11.1. The second kappa shape index (κ2) is 8.37. The van der Waals surface area contributed by atoms with Gasteiger partial charge in [0.1, 0.15) is 6.54 Å². The summed E-state index contributed by atoms with van der Waals surface area (Å²) in [5.41, 5.74) is -0.100. The maximum absolute atomic E-state index is 13.2. The van der Waals surface area contributed by atoms with Gasteiger partial charge in [0.2, 0.25) is 5.91 Å². The molecule has 8 heteroatoms. The number of hydrogen-bond donors (Lipinski definition) is 2. The molecule has 0 aromatic heterocycles. The molecule has 5 unspecified atom stereocenters. The van der Waals surface area contributed by atoms with Gasteiger partial charge in [0.15, 0.2) is 0 Å². The molecule has 2 spiro atoms. The normalized spacial score (nSPS) is 53.5. The Bertz CT molecular complexity index is 1030.